The molecule has 0 amide bonds. The lowest BCUT2D eigenvalue weighted by Gasteiger charge is -2.37. The van der Waals surface area contributed by atoms with Crippen molar-refractivity contribution in [3.8, 4) is 5.75 Å². The van der Waals surface area contributed by atoms with Crippen LogP contribution in [0.1, 0.15) is 5.56 Å². The van der Waals surface area contributed by atoms with Gasteiger partial charge in [0, 0.05) is 30.2 Å². The van der Waals surface area contributed by atoms with Gasteiger partial charge in [-0.3, -0.25) is 9.69 Å². The van der Waals surface area contributed by atoms with E-state index in [1.165, 1.54) is 0 Å². The van der Waals surface area contributed by atoms with Crippen LogP contribution in [0, 0.1) is 5.92 Å². The van der Waals surface area contributed by atoms with Crippen molar-refractivity contribution in [1.29, 1.82) is 0 Å². The number of rotatable bonds is 4. The minimum absolute atomic E-state index is 0.247. The van der Waals surface area contributed by atoms with Crippen molar-refractivity contribution in [2.45, 2.75) is 6.54 Å². The monoisotopic (exact) mass is 255 g/mol. The predicted molar refractivity (Wildman–Crippen MR) is 64.4 cm³/mol. The Kier molecular flexibility index (Phi) is 3.54. The Hall–Kier alpha value is -1.26. The quantitative estimate of drug-likeness (QED) is 0.892. The van der Waals surface area contributed by atoms with Crippen LogP contribution in [-0.2, 0) is 11.3 Å². The van der Waals surface area contributed by atoms with Gasteiger partial charge in [-0.05, 0) is 12.1 Å². The number of hydrogen-bond acceptors (Lipinski definition) is 3. The van der Waals surface area contributed by atoms with Crippen LogP contribution in [0.25, 0.3) is 0 Å². The molecule has 0 saturated carbocycles. The van der Waals surface area contributed by atoms with Gasteiger partial charge in [-0.2, -0.15) is 0 Å². The Morgan fingerprint density at radius 2 is 2.29 bits per heavy atom. The average molecular weight is 256 g/mol. The number of halogens is 1. The maximum atomic E-state index is 10.7. The predicted octanol–water partition coefficient (Wildman–Crippen LogP) is 1.86. The third kappa shape index (κ3) is 2.53. The molecule has 0 aliphatic carbocycles. The molecule has 1 aromatic carbocycles. The zero-order chi connectivity index (χ0) is 12.4. The van der Waals surface area contributed by atoms with Crippen molar-refractivity contribution in [2.24, 2.45) is 5.92 Å². The molecule has 1 saturated heterocycles. The second kappa shape index (κ2) is 4.94. The number of benzene rings is 1. The zero-order valence-corrected chi connectivity index (χ0v) is 10.3. The van der Waals surface area contributed by atoms with Crippen molar-refractivity contribution < 1.29 is 14.6 Å². The van der Waals surface area contributed by atoms with E-state index < -0.39 is 5.97 Å². The Morgan fingerprint density at radius 1 is 1.59 bits per heavy atom. The van der Waals surface area contributed by atoms with Gasteiger partial charge in [-0.1, -0.05) is 17.7 Å². The third-order valence-corrected chi connectivity index (χ3v) is 3.34. The molecule has 1 aliphatic heterocycles. The largest absolute Gasteiger partial charge is 0.496 e. The fourth-order valence-corrected chi connectivity index (χ4v) is 2.19. The summed E-state index contributed by atoms with van der Waals surface area (Å²) in [7, 11) is 1.60. The first-order valence-electron chi connectivity index (χ1n) is 5.38. The molecule has 5 heteroatoms. The first-order valence-corrected chi connectivity index (χ1v) is 5.76. The van der Waals surface area contributed by atoms with Gasteiger partial charge in [0.1, 0.15) is 5.75 Å². The van der Waals surface area contributed by atoms with Crippen LogP contribution in [0.2, 0.25) is 5.02 Å². The van der Waals surface area contributed by atoms with Gasteiger partial charge >= 0.3 is 5.97 Å². The molecule has 1 fully saturated rings. The minimum Gasteiger partial charge on any atom is -0.496 e. The van der Waals surface area contributed by atoms with Crippen LogP contribution in [0.15, 0.2) is 18.2 Å². The average Bonchev–Trinajstić information content (AvgIpc) is 2.23. The van der Waals surface area contributed by atoms with E-state index in [-0.39, 0.29) is 5.92 Å². The molecule has 4 nitrogen and oxygen atoms in total. The molecular weight excluding hydrogens is 242 g/mol. The van der Waals surface area contributed by atoms with Crippen LogP contribution in [-0.4, -0.2) is 36.2 Å². The van der Waals surface area contributed by atoms with E-state index in [0.29, 0.717) is 24.7 Å². The highest BCUT2D eigenvalue weighted by Gasteiger charge is 2.32. The normalized spacial score (nSPS) is 16.6. The fourth-order valence-electron chi connectivity index (χ4n) is 1.96. The van der Waals surface area contributed by atoms with Crippen molar-refractivity contribution in [1.82, 2.24) is 4.90 Å². The van der Waals surface area contributed by atoms with Gasteiger partial charge in [0.2, 0.25) is 0 Å². The smallest absolute Gasteiger partial charge is 0.309 e. The molecule has 2 rings (SSSR count). The highest BCUT2D eigenvalue weighted by molar-refractivity contribution is 6.31. The first-order chi connectivity index (χ1) is 8.11. The van der Waals surface area contributed by atoms with Gasteiger partial charge in [-0.15, -0.1) is 0 Å². The number of hydrogen-bond donors (Lipinski definition) is 1. The molecule has 92 valence electrons. The van der Waals surface area contributed by atoms with Crippen LogP contribution in [0.5, 0.6) is 5.75 Å². The molecule has 0 spiro atoms. The summed E-state index contributed by atoms with van der Waals surface area (Å²) < 4.78 is 5.24. The summed E-state index contributed by atoms with van der Waals surface area (Å²) in [5, 5.41) is 9.45. The van der Waals surface area contributed by atoms with E-state index in [4.69, 9.17) is 21.4 Å². The van der Waals surface area contributed by atoms with Gasteiger partial charge < -0.3 is 9.84 Å². The van der Waals surface area contributed by atoms with E-state index in [2.05, 4.69) is 0 Å². The lowest BCUT2D eigenvalue weighted by Crippen LogP contribution is -2.49. The Balaban J connectivity index is 2.03. The van der Waals surface area contributed by atoms with Crippen LogP contribution in [0.4, 0.5) is 0 Å². The van der Waals surface area contributed by atoms with E-state index in [0.717, 1.165) is 11.3 Å². The van der Waals surface area contributed by atoms with Gasteiger partial charge in [0.05, 0.1) is 13.0 Å². The summed E-state index contributed by atoms with van der Waals surface area (Å²) in [5.41, 5.74) is 0.917. The first kappa shape index (κ1) is 12.2. The highest BCUT2D eigenvalue weighted by Crippen LogP contribution is 2.29. The maximum absolute atomic E-state index is 10.7. The highest BCUT2D eigenvalue weighted by atomic mass is 35.5. The number of carbonyl (C=O) groups is 1. The second-order valence-corrected chi connectivity index (χ2v) is 4.56. The summed E-state index contributed by atoms with van der Waals surface area (Å²) in [6.45, 7) is 1.78. The maximum Gasteiger partial charge on any atom is 0.309 e. The molecule has 1 heterocycles. The molecule has 0 aromatic heterocycles. The van der Waals surface area contributed by atoms with Gasteiger partial charge in [0.25, 0.3) is 0 Å². The molecule has 1 N–H and O–H groups in total. The van der Waals surface area contributed by atoms with E-state index in [9.17, 15) is 4.79 Å². The van der Waals surface area contributed by atoms with Crippen LogP contribution >= 0.6 is 11.6 Å². The lowest BCUT2D eigenvalue weighted by molar-refractivity contribution is -0.147. The molecule has 0 bridgehead atoms. The van der Waals surface area contributed by atoms with Crippen LogP contribution in [0.3, 0.4) is 0 Å². The number of carboxylic acids is 1. The number of aliphatic carboxylic acids is 1. The molecule has 1 aromatic rings. The standard InChI is InChI=1S/C12H14ClNO3/c1-17-11-4-2-3-10(13)9(11)7-14-5-8(6-14)12(15)16/h2-4,8H,5-7H2,1H3,(H,15,16). The number of likely N-dealkylation sites (tertiary alicyclic amines) is 1. The van der Waals surface area contributed by atoms with E-state index in [1.807, 2.05) is 23.1 Å². The molecule has 0 radical (unpaired) electrons. The van der Waals surface area contributed by atoms with Gasteiger partial charge in [-0.25, -0.2) is 0 Å². The Bertz CT molecular complexity index is 430. The second-order valence-electron chi connectivity index (χ2n) is 4.15. The topological polar surface area (TPSA) is 49.8 Å². The van der Waals surface area contributed by atoms with Crippen molar-refractivity contribution >= 4 is 17.6 Å². The summed E-state index contributed by atoms with van der Waals surface area (Å²) in [6.07, 6.45) is 0. The molecular formula is C12H14ClNO3. The SMILES string of the molecule is COc1cccc(Cl)c1CN1CC(C(=O)O)C1. The number of ether oxygens (including phenoxy) is 1. The van der Waals surface area contributed by atoms with Crippen molar-refractivity contribution in [3.63, 3.8) is 0 Å². The lowest BCUT2D eigenvalue weighted by atomic mass is 9.99. The summed E-state index contributed by atoms with van der Waals surface area (Å²) in [6, 6.07) is 5.50. The Labute approximate surface area is 105 Å². The van der Waals surface area contributed by atoms with Crippen molar-refractivity contribution in [3.05, 3.63) is 28.8 Å². The Morgan fingerprint density at radius 3 is 2.88 bits per heavy atom. The summed E-state index contributed by atoms with van der Waals surface area (Å²) >= 11 is 6.11. The number of nitrogens with zero attached hydrogens (tertiary/aromatic N) is 1. The van der Waals surface area contributed by atoms with Crippen LogP contribution < -0.4 is 4.74 Å². The molecule has 17 heavy (non-hydrogen) atoms. The number of methoxy groups -OCH3 is 1. The minimum atomic E-state index is -0.729. The molecule has 1 aliphatic rings. The third-order valence-electron chi connectivity index (χ3n) is 2.98. The molecule has 0 atom stereocenters. The van der Waals surface area contributed by atoms with Gasteiger partial charge in [0.15, 0.2) is 0 Å². The zero-order valence-electron chi connectivity index (χ0n) is 9.52. The summed E-state index contributed by atoms with van der Waals surface area (Å²) in [4.78, 5) is 12.7. The molecule has 0 unspecified atom stereocenters. The van der Waals surface area contributed by atoms with E-state index >= 15 is 0 Å². The summed E-state index contributed by atoms with van der Waals surface area (Å²) in [5.74, 6) is -0.230. The fraction of sp³-hybridized carbons (Fsp3) is 0.417. The van der Waals surface area contributed by atoms with E-state index in [1.54, 1.807) is 7.11 Å². The number of carboxylic acid groups (broad SMARTS) is 1. The van der Waals surface area contributed by atoms with Crippen molar-refractivity contribution in [2.75, 3.05) is 20.2 Å².